The van der Waals surface area contributed by atoms with E-state index in [0.29, 0.717) is 0 Å². The summed E-state index contributed by atoms with van der Waals surface area (Å²) in [5.74, 6) is -1.61. The van der Waals surface area contributed by atoms with Gasteiger partial charge in [0.05, 0.1) is 12.7 Å². The molecule has 0 bridgehead atoms. The van der Waals surface area contributed by atoms with Crippen LogP contribution in [0.25, 0.3) is 10.8 Å². The van der Waals surface area contributed by atoms with E-state index < -0.39 is 17.7 Å². The summed E-state index contributed by atoms with van der Waals surface area (Å²) in [5.41, 5.74) is -1.14. The number of methoxy groups -OCH3 is 1. The van der Waals surface area contributed by atoms with E-state index in [9.17, 15) is 18.0 Å². The maximum Gasteiger partial charge on any atom is 0.420 e. The molecule has 0 amide bonds. The minimum absolute atomic E-state index is 0. The smallest absolute Gasteiger partial charge is 0.420 e. The molecule has 3 nitrogen and oxygen atoms in total. The number of rotatable bonds is 2. The summed E-state index contributed by atoms with van der Waals surface area (Å²) in [5, 5.41) is 8.83. The van der Waals surface area contributed by atoms with Crippen LogP contribution in [0.3, 0.4) is 0 Å². The van der Waals surface area contributed by atoms with Gasteiger partial charge in [0.1, 0.15) is 11.3 Å². The third-order valence-corrected chi connectivity index (χ3v) is 2.76. The van der Waals surface area contributed by atoms with Crippen LogP contribution in [-0.4, -0.2) is 18.2 Å². The zero-order valence-electron chi connectivity index (χ0n) is 10.2. The van der Waals surface area contributed by atoms with Crippen molar-refractivity contribution in [2.75, 3.05) is 7.11 Å². The molecule has 0 heterocycles. The minimum Gasteiger partial charge on any atom is -0.496 e. The fourth-order valence-corrected chi connectivity index (χ4v) is 1.99. The second-order valence-corrected chi connectivity index (χ2v) is 3.85. The van der Waals surface area contributed by atoms with Crippen LogP contribution in [0, 0.1) is 0 Å². The molecule has 7 heteroatoms. The summed E-state index contributed by atoms with van der Waals surface area (Å²) in [6, 6.07) is 6.20. The van der Waals surface area contributed by atoms with Gasteiger partial charge < -0.3 is 9.84 Å². The van der Waals surface area contributed by atoms with Crippen LogP contribution in [0.2, 0.25) is 0 Å². The number of carboxylic acid groups (broad SMARTS) is 1. The Morgan fingerprint density at radius 2 is 1.80 bits per heavy atom. The van der Waals surface area contributed by atoms with E-state index in [2.05, 4.69) is 0 Å². The normalized spacial score (nSPS) is 11.0. The molecule has 0 unspecified atom stereocenters. The average Bonchev–Trinajstić information content (AvgIpc) is 2.34. The molecule has 0 aliphatic heterocycles. The summed E-state index contributed by atoms with van der Waals surface area (Å²) in [6.45, 7) is 0. The van der Waals surface area contributed by atoms with E-state index >= 15 is 0 Å². The standard InChI is InChI=1S/C13H9F3O3.ClH/c1-19-10-6-5-7-8(11(10)13(14,15)16)3-2-4-9(7)12(17)18;/h2-6H,1H3,(H,17,18);1H. The van der Waals surface area contributed by atoms with Crippen molar-refractivity contribution < 1.29 is 27.8 Å². The van der Waals surface area contributed by atoms with Crippen molar-refractivity contribution in [3.8, 4) is 5.75 Å². The molecule has 0 aliphatic rings. The molecule has 2 aromatic carbocycles. The number of hydrogen-bond donors (Lipinski definition) is 1. The molecule has 20 heavy (non-hydrogen) atoms. The second-order valence-electron chi connectivity index (χ2n) is 3.85. The number of halogens is 4. The van der Waals surface area contributed by atoms with E-state index in [1.165, 1.54) is 24.3 Å². The monoisotopic (exact) mass is 306 g/mol. The van der Waals surface area contributed by atoms with Gasteiger partial charge in [-0.05, 0) is 29.0 Å². The lowest BCUT2D eigenvalue weighted by Crippen LogP contribution is -2.09. The largest absolute Gasteiger partial charge is 0.496 e. The van der Waals surface area contributed by atoms with Gasteiger partial charge in [0.2, 0.25) is 0 Å². The molecule has 0 aromatic heterocycles. The van der Waals surface area contributed by atoms with Crippen molar-refractivity contribution in [3.05, 3.63) is 41.5 Å². The predicted molar refractivity (Wildman–Crippen MR) is 69.7 cm³/mol. The highest BCUT2D eigenvalue weighted by Gasteiger charge is 2.36. The summed E-state index contributed by atoms with van der Waals surface area (Å²) in [7, 11) is 1.14. The predicted octanol–water partition coefficient (Wildman–Crippen LogP) is 3.99. The Morgan fingerprint density at radius 3 is 2.30 bits per heavy atom. The number of benzene rings is 2. The maximum atomic E-state index is 13.1. The summed E-state index contributed by atoms with van der Waals surface area (Å²) in [4.78, 5) is 11.0. The van der Waals surface area contributed by atoms with E-state index in [1.807, 2.05) is 0 Å². The first kappa shape index (κ1) is 16.1. The Labute approximate surface area is 118 Å². The van der Waals surface area contributed by atoms with Gasteiger partial charge in [0.25, 0.3) is 0 Å². The van der Waals surface area contributed by atoms with Crippen LogP contribution in [0.4, 0.5) is 13.2 Å². The molecule has 0 fully saturated rings. The fraction of sp³-hybridized carbons (Fsp3) is 0.154. The van der Waals surface area contributed by atoms with Gasteiger partial charge >= 0.3 is 12.1 Å². The van der Waals surface area contributed by atoms with Gasteiger partial charge in [0.15, 0.2) is 0 Å². The molecule has 2 aromatic rings. The molecule has 0 spiro atoms. The number of alkyl halides is 3. The Hall–Kier alpha value is -1.95. The van der Waals surface area contributed by atoms with Crippen molar-refractivity contribution in [1.82, 2.24) is 0 Å². The zero-order chi connectivity index (χ0) is 14.2. The molecule has 0 saturated carbocycles. The van der Waals surface area contributed by atoms with Crippen molar-refractivity contribution >= 4 is 29.1 Å². The number of aromatic carboxylic acids is 1. The Balaban J connectivity index is 0.00000200. The number of fused-ring (bicyclic) bond motifs is 1. The van der Waals surface area contributed by atoms with E-state index in [-0.39, 0.29) is 34.5 Å². The van der Waals surface area contributed by atoms with Gasteiger partial charge in [-0.25, -0.2) is 4.79 Å². The molecule has 0 radical (unpaired) electrons. The maximum absolute atomic E-state index is 13.1. The molecule has 0 atom stereocenters. The highest BCUT2D eigenvalue weighted by molar-refractivity contribution is 6.05. The van der Waals surface area contributed by atoms with E-state index in [4.69, 9.17) is 9.84 Å². The number of ether oxygens (including phenoxy) is 1. The van der Waals surface area contributed by atoms with Crippen LogP contribution in [0.1, 0.15) is 15.9 Å². The summed E-state index contributed by atoms with van der Waals surface area (Å²) < 4.78 is 43.9. The van der Waals surface area contributed by atoms with Crippen LogP contribution < -0.4 is 4.74 Å². The average molecular weight is 307 g/mol. The SMILES string of the molecule is COc1ccc2c(C(=O)O)cccc2c1C(F)(F)F.Cl. The van der Waals surface area contributed by atoms with E-state index in [1.54, 1.807) is 0 Å². The lowest BCUT2D eigenvalue weighted by molar-refractivity contribution is -0.137. The van der Waals surface area contributed by atoms with Gasteiger partial charge in [-0.3, -0.25) is 0 Å². The van der Waals surface area contributed by atoms with Gasteiger partial charge in [-0.1, -0.05) is 12.1 Å². The number of carbonyl (C=O) groups is 1. The van der Waals surface area contributed by atoms with Crippen LogP contribution in [-0.2, 0) is 6.18 Å². The van der Waals surface area contributed by atoms with Crippen molar-refractivity contribution in [3.63, 3.8) is 0 Å². The first-order valence-corrected chi connectivity index (χ1v) is 5.26. The quantitative estimate of drug-likeness (QED) is 0.912. The third-order valence-electron chi connectivity index (χ3n) is 2.76. The second kappa shape index (κ2) is 5.58. The van der Waals surface area contributed by atoms with Gasteiger partial charge in [-0.2, -0.15) is 13.2 Å². The minimum atomic E-state index is -4.62. The Morgan fingerprint density at radius 1 is 1.15 bits per heavy atom. The zero-order valence-corrected chi connectivity index (χ0v) is 11.0. The summed E-state index contributed by atoms with van der Waals surface area (Å²) >= 11 is 0. The first-order valence-electron chi connectivity index (χ1n) is 5.26. The van der Waals surface area contributed by atoms with Crippen LogP contribution in [0.5, 0.6) is 5.75 Å². The van der Waals surface area contributed by atoms with Crippen molar-refractivity contribution in [1.29, 1.82) is 0 Å². The molecule has 1 N–H and O–H groups in total. The van der Waals surface area contributed by atoms with Crippen molar-refractivity contribution in [2.24, 2.45) is 0 Å². The van der Waals surface area contributed by atoms with Crippen molar-refractivity contribution in [2.45, 2.75) is 6.18 Å². The molecular formula is C13H10ClF3O3. The molecule has 108 valence electrons. The lowest BCUT2D eigenvalue weighted by atomic mass is 9.99. The van der Waals surface area contributed by atoms with Crippen LogP contribution >= 0.6 is 12.4 Å². The Bertz CT molecular complexity index is 653. The highest BCUT2D eigenvalue weighted by atomic mass is 35.5. The van der Waals surface area contributed by atoms with E-state index in [0.717, 1.165) is 13.2 Å². The topological polar surface area (TPSA) is 46.5 Å². The first-order chi connectivity index (χ1) is 8.86. The molecule has 2 rings (SSSR count). The number of carboxylic acids is 1. The molecule has 0 saturated heterocycles. The Kier molecular flexibility index (Phi) is 4.50. The molecular weight excluding hydrogens is 297 g/mol. The lowest BCUT2D eigenvalue weighted by Gasteiger charge is -2.15. The number of hydrogen-bond acceptors (Lipinski definition) is 2. The van der Waals surface area contributed by atoms with Crippen LogP contribution in [0.15, 0.2) is 30.3 Å². The molecule has 0 aliphatic carbocycles. The third kappa shape index (κ3) is 2.65. The summed E-state index contributed by atoms with van der Waals surface area (Å²) in [6.07, 6.45) is -4.62. The highest BCUT2D eigenvalue weighted by Crippen LogP contribution is 2.41. The van der Waals surface area contributed by atoms with Gasteiger partial charge in [0, 0.05) is 0 Å². The fourth-order valence-electron chi connectivity index (χ4n) is 1.99. The van der Waals surface area contributed by atoms with Gasteiger partial charge in [-0.15, -0.1) is 12.4 Å².